The van der Waals surface area contributed by atoms with E-state index in [0.717, 1.165) is 25.0 Å². The number of carbonyl (C=O) groups is 2. The summed E-state index contributed by atoms with van der Waals surface area (Å²) in [5.74, 6) is -0.630. The zero-order valence-electron chi connectivity index (χ0n) is 17.9. The number of aromatic nitrogens is 2. The van der Waals surface area contributed by atoms with E-state index in [2.05, 4.69) is 20.6 Å². The normalized spacial score (nSPS) is 13.9. The molecule has 1 aliphatic rings. The van der Waals surface area contributed by atoms with Crippen LogP contribution >= 0.6 is 0 Å². The number of hydrogen-bond donors (Lipinski definition) is 2. The highest BCUT2D eigenvalue weighted by Gasteiger charge is 2.15. The molecule has 0 aliphatic carbocycles. The van der Waals surface area contributed by atoms with Crippen LogP contribution in [0.5, 0.6) is 0 Å². The van der Waals surface area contributed by atoms with Crippen LogP contribution in [0, 0.1) is 0 Å². The van der Waals surface area contributed by atoms with Crippen LogP contribution in [0.15, 0.2) is 59.4 Å². The van der Waals surface area contributed by atoms with Crippen LogP contribution in [0.25, 0.3) is 10.8 Å². The first-order valence-electron chi connectivity index (χ1n) is 10.9. The number of nitrogens with zero attached hydrogens (tertiary/aromatic N) is 3. The summed E-state index contributed by atoms with van der Waals surface area (Å²) in [6.45, 7) is 3.44. The lowest BCUT2D eigenvalue weighted by Gasteiger charge is -2.16. The molecule has 1 saturated heterocycles. The molecule has 4 rings (SSSR count). The van der Waals surface area contributed by atoms with Gasteiger partial charge in [0.15, 0.2) is 0 Å². The van der Waals surface area contributed by atoms with Gasteiger partial charge in [0.05, 0.1) is 30.7 Å². The molecule has 166 valence electrons. The molecule has 0 spiro atoms. The molecule has 8 heteroatoms. The molecule has 0 radical (unpaired) electrons. The summed E-state index contributed by atoms with van der Waals surface area (Å²) in [5.41, 5.74) is 1.01. The van der Waals surface area contributed by atoms with Crippen LogP contribution in [0.1, 0.15) is 28.9 Å². The number of rotatable bonds is 8. The third kappa shape index (κ3) is 5.20. The van der Waals surface area contributed by atoms with Crippen molar-refractivity contribution in [3.63, 3.8) is 0 Å². The van der Waals surface area contributed by atoms with E-state index in [4.69, 9.17) is 0 Å². The Bertz CT molecular complexity index is 1150. The van der Waals surface area contributed by atoms with Crippen LogP contribution in [-0.4, -0.2) is 52.7 Å². The quantitative estimate of drug-likeness (QED) is 0.562. The van der Waals surface area contributed by atoms with Crippen molar-refractivity contribution in [2.45, 2.75) is 25.9 Å². The van der Waals surface area contributed by atoms with Gasteiger partial charge in [-0.3, -0.25) is 14.4 Å². The molecule has 2 amide bonds. The first kappa shape index (κ1) is 21.7. The van der Waals surface area contributed by atoms with Gasteiger partial charge < -0.3 is 15.5 Å². The molecule has 2 N–H and O–H groups in total. The van der Waals surface area contributed by atoms with E-state index in [9.17, 15) is 14.4 Å². The fourth-order valence-electron chi connectivity index (χ4n) is 3.93. The standard InChI is InChI=1S/C24H27N5O3/c30-22(17-26-23(31)18-8-2-1-3-9-18)25-16-21-19-10-4-5-11-20(19)24(32)29(27-21)15-14-28-12-6-7-13-28/h1-5,8-11H,6-7,12-17H2,(H,25,30)(H,26,31). The Kier molecular flexibility index (Phi) is 6.91. The number of fused-ring (bicyclic) bond motifs is 1. The van der Waals surface area contributed by atoms with Crippen LogP contribution in [0.2, 0.25) is 0 Å². The van der Waals surface area contributed by atoms with Crippen molar-refractivity contribution in [3.05, 3.63) is 76.2 Å². The Morgan fingerprint density at radius 3 is 2.31 bits per heavy atom. The summed E-state index contributed by atoms with van der Waals surface area (Å²) in [5, 5.41) is 11.3. The number of amides is 2. The van der Waals surface area contributed by atoms with Crippen molar-refractivity contribution >= 4 is 22.6 Å². The highest BCUT2D eigenvalue weighted by molar-refractivity contribution is 5.96. The molecule has 32 heavy (non-hydrogen) atoms. The average molecular weight is 434 g/mol. The SMILES string of the molecule is O=C(CNC(=O)c1ccccc1)NCc1nn(CCN2CCCC2)c(=O)c2ccccc12. The Morgan fingerprint density at radius 2 is 1.56 bits per heavy atom. The summed E-state index contributed by atoms with van der Waals surface area (Å²) in [7, 11) is 0. The van der Waals surface area contributed by atoms with Crippen LogP contribution < -0.4 is 16.2 Å². The van der Waals surface area contributed by atoms with Crippen LogP contribution in [0.4, 0.5) is 0 Å². The van der Waals surface area contributed by atoms with Gasteiger partial charge >= 0.3 is 0 Å². The van der Waals surface area contributed by atoms with Gasteiger partial charge in [0.25, 0.3) is 11.5 Å². The van der Waals surface area contributed by atoms with Gasteiger partial charge in [0.2, 0.25) is 5.91 Å². The maximum atomic E-state index is 12.9. The molecule has 2 heterocycles. The van der Waals surface area contributed by atoms with Gasteiger partial charge in [-0.1, -0.05) is 36.4 Å². The lowest BCUT2D eigenvalue weighted by atomic mass is 10.1. The molecule has 1 fully saturated rings. The van der Waals surface area contributed by atoms with E-state index in [1.807, 2.05) is 24.3 Å². The maximum Gasteiger partial charge on any atom is 0.274 e. The Hall–Kier alpha value is -3.52. The lowest BCUT2D eigenvalue weighted by Crippen LogP contribution is -2.37. The van der Waals surface area contributed by atoms with Gasteiger partial charge in [0, 0.05) is 17.5 Å². The second-order valence-electron chi connectivity index (χ2n) is 7.89. The van der Waals surface area contributed by atoms with E-state index in [0.29, 0.717) is 23.2 Å². The molecule has 0 bridgehead atoms. The Balaban J connectivity index is 1.42. The first-order valence-corrected chi connectivity index (χ1v) is 10.9. The number of likely N-dealkylation sites (tertiary alicyclic amines) is 1. The number of benzene rings is 2. The Morgan fingerprint density at radius 1 is 0.875 bits per heavy atom. The molecule has 0 saturated carbocycles. The van der Waals surface area contributed by atoms with Crippen molar-refractivity contribution in [1.82, 2.24) is 25.3 Å². The van der Waals surface area contributed by atoms with Gasteiger partial charge in [-0.25, -0.2) is 4.68 Å². The van der Waals surface area contributed by atoms with Crippen LogP contribution in [-0.2, 0) is 17.9 Å². The molecule has 1 aromatic heterocycles. The molecular weight excluding hydrogens is 406 g/mol. The predicted molar refractivity (Wildman–Crippen MR) is 122 cm³/mol. The molecule has 0 unspecified atom stereocenters. The molecule has 3 aromatic rings. The first-order chi connectivity index (χ1) is 15.6. The van der Waals surface area contributed by atoms with Crippen LogP contribution in [0.3, 0.4) is 0 Å². The predicted octanol–water partition coefficient (Wildman–Crippen LogP) is 1.54. The molecular formula is C24H27N5O3. The van der Waals surface area contributed by atoms with E-state index >= 15 is 0 Å². The summed E-state index contributed by atoms with van der Waals surface area (Å²) in [4.78, 5) is 39.6. The smallest absolute Gasteiger partial charge is 0.274 e. The van der Waals surface area contributed by atoms with Crippen molar-refractivity contribution in [1.29, 1.82) is 0 Å². The van der Waals surface area contributed by atoms with Gasteiger partial charge in [0.1, 0.15) is 0 Å². The fourth-order valence-corrected chi connectivity index (χ4v) is 3.93. The third-order valence-corrected chi connectivity index (χ3v) is 5.67. The topological polar surface area (TPSA) is 96.3 Å². The molecule has 2 aromatic carbocycles. The number of nitrogens with one attached hydrogen (secondary N) is 2. The van der Waals surface area contributed by atoms with E-state index in [1.165, 1.54) is 17.5 Å². The van der Waals surface area contributed by atoms with Crippen molar-refractivity contribution in [2.75, 3.05) is 26.2 Å². The van der Waals surface area contributed by atoms with Gasteiger partial charge in [-0.2, -0.15) is 5.10 Å². The van der Waals surface area contributed by atoms with Crippen molar-refractivity contribution < 1.29 is 9.59 Å². The second kappa shape index (κ2) is 10.2. The number of hydrogen-bond acceptors (Lipinski definition) is 5. The van der Waals surface area contributed by atoms with Crippen molar-refractivity contribution in [3.8, 4) is 0 Å². The zero-order valence-corrected chi connectivity index (χ0v) is 17.9. The minimum Gasteiger partial charge on any atom is -0.349 e. The van der Waals surface area contributed by atoms with Gasteiger partial charge in [-0.05, 0) is 44.1 Å². The lowest BCUT2D eigenvalue weighted by molar-refractivity contribution is -0.120. The molecule has 0 atom stereocenters. The average Bonchev–Trinajstić information content (AvgIpc) is 3.36. The van der Waals surface area contributed by atoms with Gasteiger partial charge in [-0.15, -0.1) is 0 Å². The van der Waals surface area contributed by atoms with E-state index < -0.39 is 0 Å². The number of carbonyl (C=O) groups excluding carboxylic acids is 2. The molecule has 8 nitrogen and oxygen atoms in total. The summed E-state index contributed by atoms with van der Waals surface area (Å²) >= 11 is 0. The second-order valence-corrected chi connectivity index (χ2v) is 7.89. The zero-order chi connectivity index (χ0) is 22.3. The fraction of sp³-hybridized carbons (Fsp3) is 0.333. The monoisotopic (exact) mass is 433 g/mol. The van der Waals surface area contributed by atoms with E-state index in [-0.39, 0.29) is 30.5 Å². The molecule has 1 aliphatic heterocycles. The highest BCUT2D eigenvalue weighted by atomic mass is 16.2. The summed E-state index contributed by atoms with van der Waals surface area (Å²) in [6, 6.07) is 16.0. The third-order valence-electron chi connectivity index (χ3n) is 5.67. The van der Waals surface area contributed by atoms with Crippen molar-refractivity contribution in [2.24, 2.45) is 0 Å². The Labute approximate surface area is 186 Å². The highest BCUT2D eigenvalue weighted by Crippen LogP contribution is 2.13. The largest absolute Gasteiger partial charge is 0.349 e. The maximum absolute atomic E-state index is 12.9. The minimum absolute atomic E-state index is 0.120. The summed E-state index contributed by atoms with van der Waals surface area (Å²) < 4.78 is 1.50. The minimum atomic E-state index is -0.324. The summed E-state index contributed by atoms with van der Waals surface area (Å²) in [6.07, 6.45) is 2.39. The van der Waals surface area contributed by atoms with E-state index in [1.54, 1.807) is 30.3 Å².